The van der Waals surface area contributed by atoms with Crippen molar-refractivity contribution in [2.45, 2.75) is 25.1 Å². The lowest BCUT2D eigenvalue weighted by Crippen LogP contribution is -2.46. The average Bonchev–Trinajstić information content (AvgIpc) is 2.93. The zero-order chi connectivity index (χ0) is 15.5. The van der Waals surface area contributed by atoms with Gasteiger partial charge in [0.05, 0.1) is 7.11 Å². The van der Waals surface area contributed by atoms with Crippen molar-refractivity contribution in [1.82, 2.24) is 15.3 Å². The largest absolute Gasteiger partial charge is 0.481 e. The molecule has 9 heteroatoms. The van der Waals surface area contributed by atoms with E-state index in [0.29, 0.717) is 25.3 Å². The molecule has 1 aromatic rings. The quantitative estimate of drug-likeness (QED) is 0.903. The van der Waals surface area contributed by atoms with Gasteiger partial charge in [-0.15, -0.1) is 0 Å². The number of hydrogen-bond donors (Lipinski definition) is 1. The van der Waals surface area contributed by atoms with Crippen LogP contribution in [0.2, 0.25) is 0 Å². The molecule has 1 aliphatic heterocycles. The lowest BCUT2D eigenvalue weighted by molar-refractivity contribution is -0.139. The first-order valence-corrected chi connectivity index (χ1v) is 6.39. The van der Waals surface area contributed by atoms with Crippen molar-refractivity contribution < 1.29 is 22.7 Å². The highest BCUT2D eigenvalue weighted by molar-refractivity contribution is 5.85. The molecule has 1 saturated heterocycles. The van der Waals surface area contributed by atoms with E-state index in [-0.39, 0.29) is 5.95 Å². The summed E-state index contributed by atoms with van der Waals surface area (Å²) in [6.07, 6.45) is -1.80. The lowest BCUT2D eigenvalue weighted by atomic mass is 10.2. The number of alkyl halides is 3. The Bertz CT molecular complexity index is 510. The van der Waals surface area contributed by atoms with Gasteiger partial charge in [-0.3, -0.25) is 4.79 Å². The van der Waals surface area contributed by atoms with Gasteiger partial charge < -0.3 is 15.0 Å². The van der Waals surface area contributed by atoms with Gasteiger partial charge in [0.25, 0.3) is 0 Å². The highest BCUT2D eigenvalue weighted by Crippen LogP contribution is 2.24. The number of hydrogen-bond acceptors (Lipinski definition) is 5. The van der Waals surface area contributed by atoms with E-state index in [9.17, 15) is 18.0 Å². The summed E-state index contributed by atoms with van der Waals surface area (Å²) < 4.78 is 41.4. The first kappa shape index (κ1) is 15.3. The molecular weight excluding hydrogens is 289 g/mol. The molecule has 1 aromatic heterocycles. The number of carbonyl (C=O) groups excluding carboxylic acids is 1. The topological polar surface area (TPSA) is 67.3 Å². The summed E-state index contributed by atoms with van der Waals surface area (Å²) >= 11 is 0. The predicted octanol–water partition coefficient (Wildman–Crippen LogP) is 1.13. The van der Waals surface area contributed by atoms with Crippen LogP contribution in [0.5, 0.6) is 5.88 Å². The number of halogens is 3. The Morgan fingerprint density at radius 3 is 3.00 bits per heavy atom. The van der Waals surface area contributed by atoms with Crippen molar-refractivity contribution in [1.29, 1.82) is 0 Å². The fourth-order valence-corrected chi connectivity index (χ4v) is 2.17. The normalized spacial score (nSPS) is 18.7. The maximum atomic E-state index is 12.2. The van der Waals surface area contributed by atoms with E-state index in [2.05, 4.69) is 9.97 Å². The second-order valence-corrected chi connectivity index (χ2v) is 4.58. The highest BCUT2D eigenvalue weighted by atomic mass is 19.4. The van der Waals surface area contributed by atoms with Gasteiger partial charge in [0.1, 0.15) is 12.6 Å². The number of rotatable bonds is 4. The van der Waals surface area contributed by atoms with Gasteiger partial charge in [-0.25, -0.2) is 4.98 Å². The van der Waals surface area contributed by atoms with Crippen LogP contribution in [0.25, 0.3) is 0 Å². The SMILES string of the molecule is COc1ccnc(N2CCC[C@H]2C(=O)NCC(F)(F)F)n1. The first-order chi connectivity index (χ1) is 9.90. The third-order valence-corrected chi connectivity index (χ3v) is 3.10. The molecular formula is C12H15F3N4O2. The number of carbonyl (C=O) groups is 1. The monoisotopic (exact) mass is 304 g/mol. The van der Waals surface area contributed by atoms with Crippen molar-refractivity contribution in [2.75, 3.05) is 25.1 Å². The summed E-state index contributed by atoms with van der Waals surface area (Å²) in [7, 11) is 1.45. The zero-order valence-corrected chi connectivity index (χ0v) is 11.4. The van der Waals surface area contributed by atoms with E-state index in [1.807, 2.05) is 5.32 Å². The minimum atomic E-state index is -4.43. The van der Waals surface area contributed by atoms with Gasteiger partial charge >= 0.3 is 6.18 Å². The second kappa shape index (κ2) is 6.15. The third-order valence-electron chi connectivity index (χ3n) is 3.10. The summed E-state index contributed by atoms with van der Waals surface area (Å²) in [5, 5.41) is 1.90. The molecule has 0 spiro atoms. The smallest absolute Gasteiger partial charge is 0.405 e. The van der Waals surface area contributed by atoms with Crippen molar-refractivity contribution in [3.8, 4) is 5.88 Å². The second-order valence-electron chi connectivity index (χ2n) is 4.58. The fraction of sp³-hybridized carbons (Fsp3) is 0.583. The van der Waals surface area contributed by atoms with Crippen LogP contribution in [0.1, 0.15) is 12.8 Å². The van der Waals surface area contributed by atoms with E-state index < -0.39 is 24.7 Å². The Balaban J connectivity index is 2.07. The van der Waals surface area contributed by atoms with Crippen LogP contribution < -0.4 is 15.0 Å². The van der Waals surface area contributed by atoms with Crippen LogP contribution >= 0.6 is 0 Å². The Kier molecular flexibility index (Phi) is 4.49. The average molecular weight is 304 g/mol. The maximum Gasteiger partial charge on any atom is 0.405 e. The molecule has 0 bridgehead atoms. The molecule has 2 heterocycles. The number of amides is 1. The van der Waals surface area contributed by atoms with E-state index in [0.717, 1.165) is 0 Å². The van der Waals surface area contributed by atoms with Gasteiger partial charge in [0.15, 0.2) is 0 Å². The van der Waals surface area contributed by atoms with Crippen LogP contribution in [0.4, 0.5) is 19.1 Å². The molecule has 1 amide bonds. The molecule has 1 N–H and O–H groups in total. The fourth-order valence-electron chi connectivity index (χ4n) is 2.17. The van der Waals surface area contributed by atoms with Crippen molar-refractivity contribution in [3.63, 3.8) is 0 Å². The van der Waals surface area contributed by atoms with E-state index in [1.54, 1.807) is 11.0 Å². The Labute approximate surface area is 119 Å². The molecule has 2 rings (SSSR count). The Morgan fingerprint density at radius 1 is 1.57 bits per heavy atom. The van der Waals surface area contributed by atoms with Gasteiger partial charge in [-0.05, 0) is 12.8 Å². The Hall–Kier alpha value is -2.06. The number of aromatic nitrogens is 2. The number of ether oxygens (including phenoxy) is 1. The van der Waals surface area contributed by atoms with E-state index >= 15 is 0 Å². The third kappa shape index (κ3) is 3.96. The number of methoxy groups -OCH3 is 1. The first-order valence-electron chi connectivity index (χ1n) is 6.39. The molecule has 0 radical (unpaired) electrons. The number of nitrogens with zero attached hydrogens (tertiary/aromatic N) is 3. The zero-order valence-electron chi connectivity index (χ0n) is 11.4. The predicted molar refractivity (Wildman–Crippen MR) is 68.0 cm³/mol. The molecule has 0 saturated carbocycles. The minimum absolute atomic E-state index is 0.277. The molecule has 0 aromatic carbocycles. The summed E-state index contributed by atoms with van der Waals surface area (Å²) in [6.45, 7) is -0.827. The molecule has 0 aliphatic carbocycles. The van der Waals surface area contributed by atoms with Crippen LogP contribution in [-0.4, -0.2) is 48.3 Å². The van der Waals surface area contributed by atoms with Crippen LogP contribution in [0.15, 0.2) is 12.3 Å². The van der Waals surface area contributed by atoms with Gasteiger partial charge in [-0.2, -0.15) is 18.2 Å². The summed E-state index contributed by atoms with van der Waals surface area (Å²) in [5.74, 6) is -0.0587. The van der Waals surface area contributed by atoms with Crippen LogP contribution in [-0.2, 0) is 4.79 Å². The molecule has 1 aliphatic rings. The van der Waals surface area contributed by atoms with E-state index in [4.69, 9.17) is 4.74 Å². The molecule has 0 unspecified atom stereocenters. The van der Waals surface area contributed by atoms with Crippen molar-refractivity contribution >= 4 is 11.9 Å². The van der Waals surface area contributed by atoms with E-state index in [1.165, 1.54) is 13.3 Å². The highest BCUT2D eigenvalue weighted by Gasteiger charge is 2.35. The summed E-state index contributed by atoms with van der Waals surface area (Å²) in [4.78, 5) is 21.6. The maximum absolute atomic E-state index is 12.2. The molecule has 21 heavy (non-hydrogen) atoms. The molecule has 1 atom stereocenters. The van der Waals surface area contributed by atoms with Gasteiger partial charge in [0, 0.05) is 18.8 Å². The standard InChI is InChI=1S/C12H15F3N4O2/c1-21-9-4-5-16-11(18-9)19-6-2-3-8(19)10(20)17-7-12(13,14)15/h4-5,8H,2-3,6-7H2,1H3,(H,17,20)/t8-/m0/s1. The number of anilines is 1. The molecule has 116 valence electrons. The van der Waals surface area contributed by atoms with Gasteiger partial charge in [0.2, 0.25) is 17.7 Å². The number of nitrogens with one attached hydrogen (secondary N) is 1. The summed E-state index contributed by atoms with van der Waals surface area (Å²) in [5.41, 5.74) is 0. The molecule has 1 fully saturated rings. The van der Waals surface area contributed by atoms with Crippen molar-refractivity contribution in [2.24, 2.45) is 0 Å². The molecule has 6 nitrogen and oxygen atoms in total. The van der Waals surface area contributed by atoms with Crippen molar-refractivity contribution in [3.05, 3.63) is 12.3 Å². The lowest BCUT2D eigenvalue weighted by Gasteiger charge is -2.24. The summed E-state index contributed by atoms with van der Waals surface area (Å²) in [6, 6.07) is 0.859. The Morgan fingerprint density at radius 2 is 2.33 bits per heavy atom. The van der Waals surface area contributed by atoms with Gasteiger partial charge in [-0.1, -0.05) is 0 Å². The van der Waals surface area contributed by atoms with Crippen LogP contribution in [0.3, 0.4) is 0 Å². The van der Waals surface area contributed by atoms with Crippen LogP contribution in [0, 0.1) is 0 Å². The minimum Gasteiger partial charge on any atom is -0.481 e.